The van der Waals surface area contributed by atoms with Crippen LogP contribution in [0.4, 0.5) is 5.95 Å². The van der Waals surface area contributed by atoms with Crippen molar-refractivity contribution in [2.75, 3.05) is 20.0 Å². The lowest BCUT2D eigenvalue weighted by Gasteiger charge is -2.05. The normalized spacial score (nSPS) is 10.1. The molecule has 0 aliphatic carbocycles. The second kappa shape index (κ2) is 4.09. The Labute approximate surface area is 92.0 Å². The molecule has 0 unspecified atom stereocenters. The molecule has 0 aliphatic rings. The van der Waals surface area contributed by atoms with E-state index in [1.807, 2.05) is 0 Å². The van der Waals surface area contributed by atoms with E-state index in [0.29, 0.717) is 23.0 Å². The van der Waals surface area contributed by atoms with Crippen LogP contribution in [0, 0.1) is 0 Å². The van der Waals surface area contributed by atoms with Gasteiger partial charge in [0.15, 0.2) is 0 Å². The molecule has 0 saturated heterocycles. The van der Waals surface area contributed by atoms with Gasteiger partial charge in [-0.25, -0.2) is 0 Å². The first-order valence-corrected chi connectivity index (χ1v) is 4.55. The number of aromatic nitrogens is 2. The lowest BCUT2D eigenvalue weighted by molar-refractivity contribution is 0.393. The predicted octanol–water partition coefficient (Wildman–Crippen LogP) is 1.34. The minimum absolute atomic E-state index is 0.0942. The molecule has 1 aromatic heterocycles. The standard InChI is InChI=1S/C10H11N3O3/c1-14-7-3-6(4-8(5-7)15-2)9-12-10(11)13-16-9/h3-5H,1-2H3,(H2,11,13). The van der Waals surface area contributed by atoms with Gasteiger partial charge in [-0.05, 0) is 17.3 Å². The summed E-state index contributed by atoms with van der Waals surface area (Å²) in [6.07, 6.45) is 0. The second-order valence-corrected chi connectivity index (χ2v) is 3.06. The van der Waals surface area contributed by atoms with Crippen molar-refractivity contribution >= 4 is 5.95 Å². The molecule has 2 N–H and O–H groups in total. The molecule has 2 rings (SSSR count). The number of ether oxygens (including phenoxy) is 2. The molecular formula is C10H11N3O3. The Bertz CT molecular complexity index is 474. The van der Waals surface area contributed by atoms with Gasteiger partial charge in [-0.1, -0.05) is 0 Å². The number of nitrogens with two attached hydrogens (primary N) is 1. The summed E-state index contributed by atoms with van der Waals surface area (Å²) in [6.45, 7) is 0. The molecule has 0 fully saturated rings. The topological polar surface area (TPSA) is 83.4 Å². The lowest BCUT2D eigenvalue weighted by Crippen LogP contribution is -1.89. The number of hydrogen-bond acceptors (Lipinski definition) is 6. The number of benzene rings is 1. The van der Waals surface area contributed by atoms with Crippen LogP contribution in [-0.4, -0.2) is 24.4 Å². The van der Waals surface area contributed by atoms with Gasteiger partial charge in [-0.15, -0.1) is 0 Å². The van der Waals surface area contributed by atoms with Gasteiger partial charge in [-0.2, -0.15) is 4.98 Å². The number of nitrogens with zero attached hydrogens (tertiary/aromatic N) is 2. The van der Waals surface area contributed by atoms with Gasteiger partial charge in [0, 0.05) is 11.6 Å². The van der Waals surface area contributed by atoms with E-state index in [0.717, 1.165) is 0 Å². The summed E-state index contributed by atoms with van der Waals surface area (Å²) >= 11 is 0. The van der Waals surface area contributed by atoms with Gasteiger partial charge >= 0.3 is 0 Å². The zero-order valence-corrected chi connectivity index (χ0v) is 8.93. The van der Waals surface area contributed by atoms with Crippen LogP contribution in [0.1, 0.15) is 0 Å². The molecule has 2 aromatic rings. The molecule has 84 valence electrons. The molecule has 16 heavy (non-hydrogen) atoms. The summed E-state index contributed by atoms with van der Waals surface area (Å²) in [6, 6.07) is 5.27. The summed E-state index contributed by atoms with van der Waals surface area (Å²) < 4.78 is 15.2. The van der Waals surface area contributed by atoms with Crippen molar-refractivity contribution in [1.82, 2.24) is 10.1 Å². The lowest BCUT2D eigenvalue weighted by atomic mass is 10.2. The highest BCUT2D eigenvalue weighted by Gasteiger charge is 2.10. The molecule has 1 aromatic carbocycles. The summed E-state index contributed by atoms with van der Waals surface area (Å²) in [7, 11) is 3.14. The van der Waals surface area contributed by atoms with Gasteiger partial charge in [0.2, 0.25) is 0 Å². The fourth-order valence-electron chi connectivity index (χ4n) is 1.28. The van der Waals surface area contributed by atoms with Crippen molar-refractivity contribution < 1.29 is 14.0 Å². The predicted molar refractivity (Wildman–Crippen MR) is 57.3 cm³/mol. The number of nitrogen functional groups attached to an aromatic ring is 1. The van der Waals surface area contributed by atoms with Crippen LogP contribution in [0.25, 0.3) is 11.5 Å². The van der Waals surface area contributed by atoms with Gasteiger partial charge in [0.05, 0.1) is 14.2 Å². The third-order valence-electron chi connectivity index (χ3n) is 2.04. The van der Waals surface area contributed by atoms with Gasteiger partial charge in [0.25, 0.3) is 11.8 Å². The first-order chi connectivity index (χ1) is 7.72. The van der Waals surface area contributed by atoms with E-state index in [9.17, 15) is 0 Å². The molecule has 0 amide bonds. The van der Waals surface area contributed by atoms with Crippen molar-refractivity contribution in [3.05, 3.63) is 18.2 Å². The van der Waals surface area contributed by atoms with Gasteiger partial charge in [0.1, 0.15) is 11.5 Å². The smallest absolute Gasteiger partial charge is 0.261 e. The van der Waals surface area contributed by atoms with Crippen molar-refractivity contribution in [1.29, 1.82) is 0 Å². The summed E-state index contributed by atoms with van der Waals surface area (Å²) in [4.78, 5) is 3.92. The Morgan fingerprint density at radius 3 is 2.19 bits per heavy atom. The van der Waals surface area contributed by atoms with E-state index < -0.39 is 0 Å². The molecule has 0 atom stereocenters. The monoisotopic (exact) mass is 221 g/mol. The third-order valence-corrected chi connectivity index (χ3v) is 2.04. The van der Waals surface area contributed by atoms with Crippen LogP contribution >= 0.6 is 0 Å². The van der Waals surface area contributed by atoms with E-state index in [-0.39, 0.29) is 5.95 Å². The average molecular weight is 221 g/mol. The fraction of sp³-hybridized carbons (Fsp3) is 0.200. The minimum atomic E-state index is 0.0942. The molecular weight excluding hydrogens is 210 g/mol. The fourth-order valence-corrected chi connectivity index (χ4v) is 1.28. The SMILES string of the molecule is COc1cc(OC)cc(-c2nc(N)no2)c1. The van der Waals surface area contributed by atoms with E-state index in [2.05, 4.69) is 10.1 Å². The Morgan fingerprint density at radius 1 is 1.12 bits per heavy atom. The molecule has 1 heterocycles. The van der Waals surface area contributed by atoms with E-state index in [1.54, 1.807) is 32.4 Å². The van der Waals surface area contributed by atoms with Crippen molar-refractivity contribution in [2.45, 2.75) is 0 Å². The molecule has 0 bridgehead atoms. The van der Waals surface area contributed by atoms with Crippen LogP contribution < -0.4 is 15.2 Å². The number of anilines is 1. The minimum Gasteiger partial charge on any atom is -0.497 e. The van der Waals surface area contributed by atoms with E-state index in [1.165, 1.54) is 0 Å². The Morgan fingerprint density at radius 2 is 1.75 bits per heavy atom. The van der Waals surface area contributed by atoms with Crippen LogP contribution in [0.2, 0.25) is 0 Å². The summed E-state index contributed by atoms with van der Waals surface area (Å²) in [5.41, 5.74) is 6.07. The molecule has 0 aliphatic heterocycles. The van der Waals surface area contributed by atoms with E-state index in [4.69, 9.17) is 19.7 Å². The molecule has 0 radical (unpaired) electrons. The largest absolute Gasteiger partial charge is 0.497 e. The molecule has 0 saturated carbocycles. The first-order valence-electron chi connectivity index (χ1n) is 4.55. The van der Waals surface area contributed by atoms with Crippen LogP contribution in [0.15, 0.2) is 22.7 Å². The van der Waals surface area contributed by atoms with E-state index >= 15 is 0 Å². The Balaban J connectivity index is 2.47. The Kier molecular flexibility index (Phi) is 2.63. The highest BCUT2D eigenvalue weighted by Crippen LogP contribution is 2.28. The molecule has 6 nitrogen and oxygen atoms in total. The molecule has 6 heteroatoms. The quantitative estimate of drug-likeness (QED) is 0.841. The highest BCUT2D eigenvalue weighted by molar-refractivity contribution is 5.60. The van der Waals surface area contributed by atoms with Crippen LogP contribution in [0.3, 0.4) is 0 Å². The summed E-state index contributed by atoms with van der Waals surface area (Å²) in [5.74, 6) is 1.71. The van der Waals surface area contributed by atoms with Crippen molar-refractivity contribution in [3.8, 4) is 23.0 Å². The average Bonchev–Trinajstić information content (AvgIpc) is 2.75. The highest BCUT2D eigenvalue weighted by atomic mass is 16.5. The van der Waals surface area contributed by atoms with Crippen LogP contribution in [-0.2, 0) is 0 Å². The Hall–Kier alpha value is -2.24. The molecule has 0 spiro atoms. The number of rotatable bonds is 3. The van der Waals surface area contributed by atoms with Crippen LogP contribution in [0.5, 0.6) is 11.5 Å². The number of hydrogen-bond donors (Lipinski definition) is 1. The van der Waals surface area contributed by atoms with Crippen molar-refractivity contribution in [3.63, 3.8) is 0 Å². The van der Waals surface area contributed by atoms with Gasteiger partial charge < -0.3 is 19.7 Å². The first kappa shape index (κ1) is 10.3. The second-order valence-electron chi connectivity index (χ2n) is 3.06. The zero-order chi connectivity index (χ0) is 11.5. The maximum Gasteiger partial charge on any atom is 0.261 e. The van der Waals surface area contributed by atoms with Crippen molar-refractivity contribution in [2.24, 2.45) is 0 Å². The third kappa shape index (κ3) is 1.90. The zero-order valence-electron chi connectivity index (χ0n) is 8.93. The number of methoxy groups -OCH3 is 2. The maximum atomic E-state index is 5.38. The van der Waals surface area contributed by atoms with Gasteiger partial charge in [-0.3, -0.25) is 0 Å². The summed E-state index contributed by atoms with van der Waals surface area (Å²) in [5, 5.41) is 3.51. The maximum absolute atomic E-state index is 5.38.